The molecule has 2 aliphatic rings. The Morgan fingerprint density at radius 2 is 1.67 bits per heavy atom. The zero-order chi connectivity index (χ0) is 8.66. The van der Waals surface area contributed by atoms with E-state index in [1.807, 2.05) is 0 Å². The lowest BCUT2D eigenvalue weighted by Crippen LogP contribution is -2.53. The van der Waals surface area contributed by atoms with E-state index in [2.05, 4.69) is 24.5 Å². The minimum Gasteiger partial charge on any atom is -0.297 e. The summed E-state index contributed by atoms with van der Waals surface area (Å²) in [4.78, 5) is 0. The molecule has 0 aromatic rings. The van der Waals surface area contributed by atoms with E-state index in [-0.39, 0.29) is 0 Å². The molecule has 0 aromatic carbocycles. The summed E-state index contributed by atoms with van der Waals surface area (Å²) >= 11 is 0. The molecular formula is C10H20N2. The standard InChI is InChI=1S/C10H20N2/c1-9(2)8-11-10(12-9)6-4-3-5-7-10/h11-12H,3-8H2,1-2H3. The maximum Gasteiger partial charge on any atom is 0.0692 e. The predicted octanol–water partition coefficient (Wildman–Crippen LogP) is 1.62. The first-order valence-corrected chi connectivity index (χ1v) is 5.16. The van der Waals surface area contributed by atoms with Gasteiger partial charge < -0.3 is 0 Å². The van der Waals surface area contributed by atoms with Crippen molar-refractivity contribution in [3.8, 4) is 0 Å². The topological polar surface area (TPSA) is 24.1 Å². The lowest BCUT2D eigenvalue weighted by Gasteiger charge is -2.35. The van der Waals surface area contributed by atoms with Crippen molar-refractivity contribution < 1.29 is 0 Å². The molecule has 1 spiro atoms. The largest absolute Gasteiger partial charge is 0.297 e. The van der Waals surface area contributed by atoms with Crippen molar-refractivity contribution >= 4 is 0 Å². The molecule has 2 rings (SSSR count). The third kappa shape index (κ3) is 1.50. The molecule has 0 unspecified atom stereocenters. The minimum absolute atomic E-state index is 0.303. The van der Waals surface area contributed by atoms with Crippen LogP contribution in [-0.4, -0.2) is 17.7 Å². The highest BCUT2D eigenvalue weighted by atomic mass is 15.3. The highest BCUT2D eigenvalue weighted by Crippen LogP contribution is 2.31. The van der Waals surface area contributed by atoms with Gasteiger partial charge in [0.25, 0.3) is 0 Å². The maximum absolute atomic E-state index is 3.73. The van der Waals surface area contributed by atoms with Crippen LogP contribution in [0.1, 0.15) is 46.0 Å². The molecule has 1 aliphatic carbocycles. The fourth-order valence-corrected chi connectivity index (χ4v) is 2.58. The second-order valence-corrected chi connectivity index (χ2v) is 5.01. The lowest BCUT2D eigenvalue weighted by molar-refractivity contribution is 0.215. The van der Waals surface area contributed by atoms with E-state index < -0.39 is 0 Å². The average molecular weight is 168 g/mol. The Morgan fingerprint density at radius 1 is 1.00 bits per heavy atom. The van der Waals surface area contributed by atoms with E-state index in [0.717, 1.165) is 6.54 Å². The Morgan fingerprint density at radius 3 is 2.17 bits per heavy atom. The Bertz CT molecular complexity index is 169. The normalized spacial score (nSPS) is 32.5. The molecule has 0 aromatic heterocycles. The van der Waals surface area contributed by atoms with Crippen LogP contribution in [0.2, 0.25) is 0 Å². The number of rotatable bonds is 0. The Hall–Kier alpha value is -0.0800. The third-order valence-corrected chi connectivity index (χ3v) is 3.15. The van der Waals surface area contributed by atoms with Gasteiger partial charge in [-0.3, -0.25) is 10.6 Å². The van der Waals surface area contributed by atoms with E-state index in [1.54, 1.807) is 0 Å². The van der Waals surface area contributed by atoms with Gasteiger partial charge in [0.1, 0.15) is 0 Å². The molecule has 70 valence electrons. The monoisotopic (exact) mass is 168 g/mol. The van der Waals surface area contributed by atoms with Gasteiger partial charge in [-0.1, -0.05) is 19.3 Å². The van der Waals surface area contributed by atoms with Crippen molar-refractivity contribution in [3.63, 3.8) is 0 Å². The minimum atomic E-state index is 0.303. The highest BCUT2D eigenvalue weighted by Gasteiger charge is 2.42. The summed E-state index contributed by atoms with van der Waals surface area (Å²) in [6.07, 6.45) is 6.82. The van der Waals surface area contributed by atoms with Crippen LogP contribution >= 0.6 is 0 Å². The van der Waals surface area contributed by atoms with Crippen LogP contribution in [0.15, 0.2) is 0 Å². The van der Waals surface area contributed by atoms with Crippen LogP contribution in [-0.2, 0) is 0 Å². The summed E-state index contributed by atoms with van der Waals surface area (Å²) in [5, 5.41) is 7.39. The number of hydrogen-bond donors (Lipinski definition) is 2. The summed E-state index contributed by atoms with van der Waals surface area (Å²) < 4.78 is 0. The smallest absolute Gasteiger partial charge is 0.0692 e. The Balaban J connectivity index is 2.03. The molecule has 1 saturated heterocycles. The summed E-state index contributed by atoms with van der Waals surface area (Å²) in [6, 6.07) is 0. The fourth-order valence-electron chi connectivity index (χ4n) is 2.58. The lowest BCUT2D eigenvalue weighted by atomic mass is 9.89. The van der Waals surface area contributed by atoms with Crippen LogP contribution in [0.25, 0.3) is 0 Å². The van der Waals surface area contributed by atoms with E-state index in [1.165, 1.54) is 32.1 Å². The average Bonchev–Trinajstić information content (AvgIpc) is 2.29. The predicted molar refractivity (Wildman–Crippen MR) is 51.0 cm³/mol. The Labute approximate surface area is 75.1 Å². The van der Waals surface area contributed by atoms with Gasteiger partial charge in [-0.2, -0.15) is 0 Å². The molecular weight excluding hydrogens is 148 g/mol. The van der Waals surface area contributed by atoms with Gasteiger partial charge in [-0.05, 0) is 26.7 Å². The van der Waals surface area contributed by atoms with Gasteiger partial charge in [0.15, 0.2) is 0 Å². The summed E-state index contributed by atoms with van der Waals surface area (Å²) in [5.41, 5.74) is 0.610. The fraction of sp³-hybridized carbons (Fsp3) is 1.00. The van der Waals surface area contributed by atoms with E-state index in [4.69, 9.17) is 0 Å². The van der Waals surface area contributed by atoms with Crippen molar-refractivity contribution in [2.45, 2.75) is 57.2 Å². The summed E-state index contributed by atoms with van der Waals surface area (Å²) in [5.74, 6) is 0. The quantitative estimate of drug-likeness (QED) is 0.574. The second kappa shape index (κ2) is 2.71. The zero-order valence-corrected chi connectivity index (χ0v) is 8.24. The molecule has 0 atom stereocenters. The molecule has 1 aliphatic heterocycles. The molecule has 0 amide bonds. The van der Waals surface area contributed by atoms with Crippen molar-refractivity contribution in [1.82, 2.24) is 10.6 Å². The van der Waals surface area contributed by atoms with Gasteiger partial charge in [-0.15, -0.1) is 0 Å². The van der Waals surface area contributed by atoms with Crippen molar-refractivity contribution in [2.24, 2.45) is 0 Å². The van der Waals surface area contributed by atoms with Gasteiger partial charge in [0, 0.05) is 12.1 Å². The van der Waals surface area contributed by atoms with Crippen molar-refractivity contribution in [3.05, 3.63) is 0 Å². The van der Waals surface area contributed by atoms with Gasteiger partial charge in [0.05, 0.1) is 5.66 Å². The van der Waals surface area contributed by atoms with Gasteiger partial charge in [0.2, 0.25) is 0 Å². The Kier molecular flexibility index (Phi) is 1.92. The SMILES string of the molecule is CC1(C)CNC2(CCCCC2)N1. The van der Waals surface area contributed by atoms with Crippen LogP contribution in [0.3, 0.4) is 0 Å². The second-order valence-electron chi connectivity index (χ2n) is 5.01. The molecule has 1 heterocycles. The summed E-state index contributed by atoms with van der Waals surface area (Å²) in [7, 11) is 0. The van der Waals surface area contributed by atoms with Crippen LogP contribution in [0.5, 0.6) is 0 Å². The van der Waals surface area contributed by atoms with Crippen molar-refractivity contribution in [2.75, 3.05) is 6.54 Å². The van der Waals surface area contributed by atoms with Gasteiger partial charge in [-0.25, -0.2) is 0 Å². The molecule has 2 nitrogen and oxygen atoms in total. The van der Waals surface area contributed by atoms with Crippen molar-refractivity contribution in [1.29, 1.82) is 0 Å². The first-order valence-electron chi connectivity index (χ1n) is 5.16. The van der Waals surface area contributed by atoms with E-state index in [0.29, 0.717) is 11.2 Å². The molecule has 2 heteroatoms. The first-order chi connectivity index (χ1) is 5.62. The molecule has 2 fully saturated rings. The number of nitrogens with one attached hydrogen (secondary N) is 2. The molecule has 1 saturated carbocycles. The molecule has 0 radical (unpaired) electrons. The van der Waals surface area contributed by atoms with E-state index >= 15 is 0 Å². The van der Waals surface area contributed by atoms with Crippen LogP contribution in [0, 0.1) is 0 Å². The van der Waals surface area contributed by atoms with E-state index in [9.17, 15) is 0 Å². The maximum atomic E-state index is 3.73. The zero-order valence-electron chi connectivity index (χ0n) is 8.24. The van der Waals surface area contributed by atoms with Crippen LogP contribution in [0.4, 0.5) is 0 Å². The van der Waals surface area contributed by atoms with Crippen LogP contribution < -0.4 is 10.6 Å². The molecule has 12 heavy (non-hydrogen) atoms. The van der Waals surface area contributed by atoms with Gasteiger partial charge >= 0.3 is 0 Å². The molecule has 0 bridgehead atoms. The highest BCUT2D eigenvalue weighted by molar-refractivity contribution is 5.02. The number of hydrogen-bond acceptors (Lipinski definition) is 2. The molecule has 2 N–H and O–H groups in total. The third-order valence-electron chi connectivity index (χ3n) is 3.15. The first kappa shape index (κ1) is 8.52. The summed E-state index contributed by atoms with van der Waals surface area (Å²) in [6.45, 7) is 5.68.